The lowest BCUT2D eigenvalue weighted by Crippen LogP contribution is -2.31. The Balaban J connectivity index is 1.80. The van der Waals surface area contributed by atoms with Crippen LogP contribution in [-0.4, -0.2) is 37.7 Å². The average molecular weight is 233 g/mol. The zero-order valence-electron chi connectivity index (χ0n) is 10.2. The van der Waals surface area contributed by atoms with Crippen molar-refractivity contribution in [3.05, 3.63) is 0 Å². The van der Waals surface area contributed by atoms with Crippen LogP contribution in [0.4, 0.5) is 0 Å². The molecule has 4 nitrogen and oxygen atoms in total. The van der Waals surface area contributed by atoms with E-state index in [0.29, 0.717) is 18.3 Å². The van der Waals surface area contributed by atoms with Gasteiger partial charge in [-0.1, -0.05) is 0 Å². The molecular formula is C13H19N3O. The van der Waals surface area contributed by atoms with Gasteiger partial charge in [0.15, 0.2) is 0 Å². The van der Waals surface area contributed by atoms with Gasteiger partial charge in [-0.3, -0.25) is 0 Å². The Hall–Kier alpha value is -1.10. The standard InChI is InChI=1S/C13H19N3O/c14-5-1-2-12(8-15)9-16-6-3-13(10-16)4-7-17-11-13/h12H,1-4,6-7,9-11H2/t12-,13-/m1/s1. The SMILES string of the molecule is N#CCC[C@H](C#N)CN1CC[C@@]2(CCOC2)C1. The number of rotatable bonds is 4. The first-order valence-electron chi connectivity index (χ1n) is 6.35. The molecule has 0 aromatic rings. The second-order valence-corrected chi connectivity index (χ2v) is 5.31. The zero-order valence-corrected chi connectivity index (χ0v) is 10.2. The van der Waals surface area contributed by atoms with E-state index < -0.39 is 0 Å². The average Bonchev–Trinajstić information content (AvgIpc) is 2.96. The third-order valence-corrected chi connectivity index (χ3v) is 3.97. The largest absolute Gasteiger partial charge is 0.381 e. The quantitative estimate of drug-likeness (QED) is 0.739. The number of nitrogens with zero attached hydrogens (tertiary/aromatic N) is 3. The summed E-state index contributed by atoms with van der Waals surface area (Å²) in [6, 6.07) is 4.44. The van der Waals surface area contributed by atoms with E-state index in [1.54, 1.807) is 0 Å². The van der Waals surface area contributed by atoms with Gasteiger partial charge in [-0.05, 0) is 25.8 Å². The molecule has 0 amide bonds. The monoisotopic (exact) mass is 233 g/mol. The van der Waals surface area contributed by atoms with E-state index >= 15 is 0 Å². The van der Waals surface area contributed by atoms with Gasteiger partial charge in [0.1, 0.15) is 0 Å². The van der Waals surface area contributed by atoms with Crippen molar-refractivity contribution >= 4 is 0 Å². The Morgan fingerprint density at radius 1 is 1.35 bits per heavy atom. The van der Waals surface area contributed by atoms with Gasteiger partial charge in [0.25, 0.3) is 0 Å². The summed E-state index contributed by atoms with van der Waals surface area (Å²) in [4.78, 5) is 2.37. The Morgan fingerprint density at radius 3 is 2.88 bits per heavy atom. The van der Waals surface area contributed by atoms with Gasteiger partial charge >= 0.3 is 0 Å². The van der Waals surface area contributed by atoms with Crippen molar-refractivity contribution in [2.75, 3.05) is 32.8 Å². The molecule has 4 heteroatoms. The molecule has 0 saturated carbocycles. The molecule has 2 fully saturated rings. The van der Waals surface area contributed by atoms with E-state index in [2.05, 4.69) is 17.0 Å². The van der Waals surface area contributed by atoms with Crippen LogP contribution in [0.15, 0.2) is 0 Å². The smallest absolute Gasteiger partial charge is 0.0669 e. The van der Waals surface area contributed by atoms with E-state index in [4.69, 9.17) is 15.3 Å². The summed E-state index contributed by atoms with van der Waals surface area (Å²) >= 11 is 0. The molecule has 2 aliphatic heterocycles. The minimum absolute atomic E-state index is 0.00659. The topological polar surface area (TPSA) is 60.0 Å². The van der Waals surface area contributed by atoms with E-state index in [0.717, 1.165) is 32.8 Å². The van der Waals surface area contributed by atoms with Gasteiger partial charge < -0.3 is 9.64 Å². The van der Waals surface area contributed by atoms with Crippen LogP contribution in [0.3, 0.4) is 0 Å². The highest BCUT2D eigenvalue weighted by Crippen LogP contribution is 2.38. The molecule has 0 aromatic carbocycles. The maximum atomic E-state index is 9.06. The third-order valence-electron chi connectivity index (χ3n) is 3.97. The fourth-order valence-electron chi connectivity index (χ4n) is 2.90. The van der Waals surface area contributed by atoms with Crippen molar-refractivity contribution in [3.8, 4) is 12.1 Å². The lowest BCUT2D eigenvalue weighted by molar-refractivity contribution is 0.151. The molecular weight excluding hydrogens is 214 g/mol. The first-order chi connectivity index (χ1) is 8.28. The summed E-state index contributed by atoms with van der Waals surface area (Å²) < 4.78 is 5.49. The summed E-state index contributed by atoms with van der Waals surface area (Å²) in [5.74, 6) is 0.00659. The van der Waals surface area contributed by atoms with Crippen molar-refractivity contribution < 1.29 is 4.74 Å². The van der Waals surface area contributed by atoms with Crippen LogP contribution in [0.2, 0.25) is 0 Å². The molecule has 92 valence electrons. The van der Waals surface area contributed by atoms with Gasteiger partial charge in [-0.25, -0.2) is 0 Å². The fraction of sp³-hybridized carbons (Fsp3) is 0.846. The number of hydrogen-bond donors (Lipinski definition) is 0. The van der Waals surface area contributed by atoms with E-state index in [1.165, 1.54) is 12.8 Å². The molecule has 2 atom stereocenters. The third kappa shape index (κ3) is 2.97. The lowest BCUT2D eigenvalue weighted by atomic mass is 9.87. The van der Waals surface area contributed by atoms with Gasteiger partial charge in [-0.15, -0.1) is 0 Å². The Kier molecular flexibility index (Phi) is 3.99. The zero-order chi connectivity index (χ0) is 12.1. The number of nitriles is 2. The molecule has 1 spiro atoms. The maximum absolute atomic E-state index is 9.06. The van der Waals surface area contributed by atoms with Crippen LogP contribution in [-0.2, 0) is 4.74 Å². The fourth-order valence-corrected chi connectivity index (χ4v) is 2.90. The minimum Gasteiger partial charge on any atom is -0.381 e. The lowest BCUT2D eigenvalue weighted by Gasteiger charge is -2.23. The molecule has 2 heterocycles. The summed E-state index contributed by atoms with van der Waals surface area (Å²) in [7, 11) is 0. The van der Waals surface area contributed by atoms with Crippen molar-refractivity contribution in [1.82, 2.24) is 4.90 Å². The van der Waals surface area contributed by atoms with Crippen molar-refractivity contribution in [3.63, 3.8) is 0 Å². The second-order valence-electron chi connectivity index (χ2n) is 5.31. The number of hydrogen-bond acceptors (Lipinski definition) is 4. The van der Waals surface area contributed by atoms with Crippen molar-refractivity contribution in [1.29, 1.82) is 10.5 Å². The first kappa shape index (κ1) is 12.4. The van der Waals surface area contributed by atoms with Gasteiger partial charge in [0.05, 0.1) is 24.7 Å². The molecule has 0 aliphatic carbocycles. The molecule has 2 saturated heterocycles. The van der Waals surface area contributed by atoms with Crippen LogP contribution >= 0.6 is 0 Å². The molecule has 2 rings (SSSR count). The predicted molar refractivity (Wildman–Crippen MR) is 62.9 cm³/mol. The first-order valence-corrected chi connectivity index (χ1v) is 6.35. The van der Waals surface area contributed by atoms with Gasteiger partial charge in [0, 0.05) is 31.5 Å². The summed E-state index contributed by atoms with van der Waals surface area (Å²) in [6.07, 6.45) is 3.55. The van der Waals surface area contributed by atoms with E-state index in [1.807, 2.05) is 0 Å². The molecule has 0 bridgehead atoms. The van der Waals surface area contributed by atoms with Crippen LogP contribution < -0.4 is 0 Å². The van der Waals surface area contributed by atoms with Gasteiger partial charge in [-0.2, -0.15) is 10.5 Å². The molecule has 0 radical (unpaired) electrons. The molecule has 0 unspecified atom stereocenters. The van der Waals surface area contributed by atoms with Crippen LogP contribution in [0.1, 0.15) is 25.7 Å². The Morgan fingerprint density at radius 2 is 2.24 bits per heavy atom. The summed E-state index contributed by atoms with van der Waals surface area (Å²) in [5.41, 5.74) is 0.370. The number of likely N-dealkylation sites (tertiary alicyclic amines) is 1. The summed E-state index contributed by atoms with van der Waals surface area (Å²) in [5, 5.41) is 17.6. The van der Waals surface area contributed by atoms with Gasteiger partial charge in [0.2, 0.25) is 0 Å². The van der Waals surface area contributed by atoms with Crippen molar-refractivity contribution in [2.45, 2.75) is 25.7 Å². The minimum atomic E-state index is 0.00659. The normalized spacial score (nSPS) is 30.2. The Bertz CT molecular complexity index is 336. The highest BCUT2D eigenvalue weighted by molar-refractivity contribution is 4.95. The van der Waals surface area contributed by atoms with E-state index in [9.17, 15) is 0 Å². The predicted octanol–water partition coefficient (Wildman–Crippen LogP) is 1.54. The number of ether oxygens (including phenoxy) is 1. The highest BCUT2D eigenvalue weighted by Gasteiger charge is 2.41. The second kappa shape index (κ2) is 5.49. The molecule has 17 heavy (non-hydrogen) atoms. The summed E-state index contributed by atoms with van der Waals surface area (Å²) in [6.45, 7) is 4.74. The van der Waals surface area contributed by atoms with Crippen LogP contribution in [0.5, 0.6) is 0 Å². The van der Waals surface area contributed by atoms with Crippen LogP contribution in [0, 0.1) is 34.0 Å². The molecule has 0 N–H and O–H groups in total. The van der Waals surface area contributed by atoms with E-state index in [-0.39, 0.29) is 5.92 Å². The Labute approximate surface area is 103 Å². The highest BCUT2D eigenvalue weighted by atomic mass is 16.5. The molecule has 0 aromatic heterocycles. The maximum Gasteiger partial charge on any atom is 0.0669 e. The van der Waals surface area contributed by atoms with Crippen molar-refractivity contribution in [2.24, 2.45) is 11.3 Å². The van der Waals surface area contributed by atoms with Crippen LogP contribution in [0.25, 0.3) is 0 Å². The molecule has 2 aliphatic rings.